The van der Waals surface area contributed by atoms with Crippen LogP contribution in [0.3, 0.4) is 0 Å². The first-order valence-corrected chi connectivity index (χ1v) is 8.89. The number of fused-ring (bicyclic) bond motifs is 1. The Balaban J connectivity index is 1.94. The molecule has 1 aromatic heterocycles. The van der Waals surface area contributed by atoms with E-state index in [1.54, 1.807) is 6.92 Å². The minimum absolute atomic E-state index is 0.205. The summed E-state index contributed by atoms with van der Waals surface area (Å²) in [5.74, 6) is -3.53. The van der Waals surface area contributed by atoms with E-state index in [1.165, 1.54) is 11.3 Å². The predicted molar refractivity (Wildman–Crippen MR) is 91.6 cm³/mol. The van der Waals surface area contributed by atoms with E-state index in [4.69, 9.17) is 16.3 Å². The van der Waals surface area contributed by atoms with Crippen molar-refractivity contribution in [1.29, 1.82) is 0 Å². The summed E-state index contributed by atoms with van der Waals surface area (Å²) in [6, 6.07) is 1.48. The molecule has 1 aliphatic rings. The van der Waals surface area contributed by atoms with E-state index in [-0.39, 0.29) is 17.2 Å². The molecular weight excluding hydrogens is 372 g/mol. The fourth-order valence-electron chi connectivity index (χ4n) is 2.78. The number of halogens is 3. The number of nitrogens with one attached hydrogen (secondary N) is 1. The van der Waals surface area contributed by atoms with E-state index < -0.39 is 23.5 Å². The number of esters is 1. The highest BCUT2D eigenvalue weighted by Crippen LogP contribution is 2.40. The van der Waals surface area contributed by atoms with Crippen molar-refractivity contribution >= 4 is 39.8 Å². The molecule has 0 radical (unpaired) electrons. The number of carbonyl (C=O) groups excluding carboxylic acids is 2. The Bertz CT molecular complexity index is 866. The largest absolute Gasteiger partial charge is 0.462 e. The van der Waals surface area contributed by atoms with Gasteiger partial charge in [-0.25, -0.2) is 13.6 Å². The molecule has 0 spiro atoms. The van der Waals surface area contributed by atoms with Gasteiger partial charge in [-0.2, -0.15) is 0 Å². The van der Waals surface area contributed by atoms with Gasteiger partial charge in [0, 0.05) is 4.88 Å². The zero-order valence-electron chi connectivity index (χ0n) is 13.3. The number of carbonyl (C=O) groups is 2. The van der Waals surface area contributed by atoms with Gasteiger partial charge in [-0.1, -0.05) is 11.6 Å². The summed E-state index contributed by atoms with van der Waals surface area (Å²) in [5, 5.41) is 2.72. The maximum absolute atomic E-state index is 13.4. The monoisotopic (exact) mass is 385 g/mol. The highest BCUT2D eigenvalue weighted by molar-refractivity contribution is 7.17. The number of aryl methyl sites for hydroxylation is 1. The van der Waals surface area contributed by atoms with Gasteiger partial charge in [-0.15, -0.1) is 11.3 Å². The number of thiophene rings is 1. The highest BCUT2D eigenvalue weighted by atomic mass is 35.5. The Morgan fingerprint density at radius 1 is 1.28 bits per heavy atom. The first-order valence-electron chi connectivity index (χ1n) is 7.70. The fraction of sp³-hybridized carbons (Fsp3) is 0.294. The lowest BCUT2D eigenvalue weighted by Gasteiger charge is -2.09. The molecule has 0 fully saturated rings. The molecule has 0 aliphatic heterocycles. The Hall–Kier alpha value is -1.99. The molecule has 1 heterocycles. The highest BCUT2D eigenvalue weighted by Gasteiger charge is 2.29. The van der Waals surface area contributed by atoms with Crippen molar-refractivity contribution in [3.05, 3.63) is 50.4 Å². The molecule has 0 saturated carbocycles. The SMILES string of the molecule is CCOC(=O)c1c(NC(=O)c2cc(F)c(F)cc2Cl)sc2c1CCC2. The molecule has 1 amide bonds. The average Bonchev–Trinajstić information content (AvgIpc) is 3.11. The second kappa shape index (κ2) is 7.09. The molecule has 8 heteroatoms. The molecule has 0 atom stereocenters. The van der Waals surface area contributed by atoms with Gasteiger partial charge in [-0.3, -0.25) is 4.79 Å². The van der Waals surface area contributed by atoms with E-state index in [0.29, 0.717) is 10.6 Å². The minimum atomic E-state index is -1.17. The quantitative estimate of drug-likeness (QED) is 0.618. The third kappa shape index (κ3) is 3.39. The van der Waals surface area contributed by atoms with Gasteiger partial charge < -0.3 is 10.1 Å². The molecule has 25 heavy (non-hydrogen) atoms. The Labute approximate surface area is 151 Å². The van der Waals surface area contributed by atoms with Crippen LogP contribution in [0.1, 0.15) is 44.5 Å². The summed E-state index contributed by atoms with van der Waals surface area (Å²) >= 11 is 7.13. The summed E-state index contributed by atoms with van der Waals surface area (Å²) in [6.07, 6.45) is 2.51. The number of ether oxygens (including phenoxy) is 1. The van der Waals surface area contributed by atoms with Crippen molar-refractivity contribution in [3.63, 3.8) is 0 Å². The van der Waals surface area contributed by atoms with Crippen LogP contribution < -0.4 is 5.32 Å². The van der Waals surface area contributed by atoms with Gasteiger partial charge in [-0.05, 0) is 43.9 Å². The number of amides is 1. The fourth-order valence-corrected chi connectivity index (χ4v) is 4.29. The van der Waals surface area contributed by atoms with Crippen molar-refractivity contribution in [1.82, 2.24) is 0 Å². The summed E-state index contributed by atoms with van der Waals surface area (Å²) in [6.45, 7) is 1.91. The number of rotatable bonds is 4. The maximum Gasteiger partial charge on any atom is 0.341 e. The zero-order valence-corrected chi connectivity index (χ0v) is 14.8. The summed E-state index contributed by atoms with van der Waals surface area (Å²) < 4.78 is 31.7. The topological polar surface area (TPSA) is 55.4 Å². The molecule has 0 bridgehead atoms. The van der Waals surface area contributed by atoms with Crippen LogP contribution in [0.4, 0.5) is 13.8 Å². The van der Waals surface area contributed by atoms with Gasteiger partial charge >= 0.3 is 5.97 Å². The van der Waals surface area contributed by atoms with E-state index in [0.717, 1.165) is 41.8 Å². The Morgan fingerprint density at radius 3 is 2.72 bits per heavy atom. The van der Waals surface area contributed by atoms with Crippen LogP contribution in [0, 0.1) is 11.6 Å². The van der Waals surface area contributed by atoms with Crippen LogP contribution in [-0.2, 0) is 17.6 Å². The zero-order chi connectivity index (χ0) is 18.1. The van der Waals surface area contributed by atoms with Crippen LogP contribution in [0.5, 0.6) is 0 Å². The first kappa shape index (κ1) is 17.8. The molecule has 1 N–H and O–H groups in total. The van der Waals surface area contributed by atoms with Crippen molar-refractivity contribution in [2.75, 3.05) is 11.9 Å². The van der Waals surface area contributed by atoms with Crippen LogP contribution in [0.15, 0.2) is 12.1 Å². The normalized spacial score (nSPS) is 12.8. The molecular formula is C17H14ClF2NO3S. The van der Waals surface area contributed by atoms with Crippen LogP contribution in [0.2, 0.25) is 5.02 Å². The number of hydrogen-bond acceptors (Lipinski definition) is 4. The van der Waals surface area contributed by atoms with E-state index in [2.05, 4.69) is 5.32 Å². The van der Waals surface area contributed by atoms with E-state index in [9.17, 15) is 18.4 Å². The first-order chi connectivity index (χ1) is 11.9. The molecule has 4 nitrogen and oxygen atoms in total. The van der Waals surface area contributed by atoms with Crippen molar-refractivity contribution in [2.45, 2.75) is 26.2 Å². The lowest BCUT2D eigenvalue weighted by molar-refractivity contribution is 0.0527. The van der Waals surface area contributed by atoms with Gasteiger partial charge in [0.2, 0.25) is 0 Å². The van der Waals surface area contributed by atoms with Crippen LogP contribution >= 0.6 is 22.9 Å². The van der Waals surface area contributed by atoms with Crippen molar-refractivity contribution < 1.29 is 23.1 Å². The lowest BCUT2D eigenvalue weighted by atomic mass is 10.1. The average molecular weight is 386 g/mol. The molecule has 3 rings (SSSR count). The van der Waals surface area contributed by atoms with E-state index in [1.807, 2.05) is 0 Å². The number of benzene rings is 1. The molecule has 0 saturated heterocycles. The molecule has 2 aromatic rings. The third-order valence-corrected chi connectivity index (χ3v) is 5.40. The maximum atomic E-state index is 13.4. The Morgan fingerprint density at radius 2 is 2.00 bits per heavy atom. The van der Waals surface area contributed by atoms with Crippen LogP contribution in [-0.4, -0.2) is 18.5 Å². The summed E-state index contributed by atoms with van der Waals surface area (Å²) in [5.41, 5.74) is 1.02. The minimum Gasteiger partial charge on any atom is -0.462 e. The second-order valence-corrected chi connectivity index (χ2v) is 6.99. The predicted octanol–water partition coefficient (Wildman–Crippen LogP) is 4.60. The lowest BCUT2D eigenvalue weighted by Crippen LogP contribution is -2.16. The van der Waals surface area contributed by atoms with E-state index >= 15 is 0 Å². The second-order valence-electron chi connectivity index (χ2n) is 5.48. The van der Waals surface area contributed by atoms with Crippen molar-refractivity contribution in [3.8, 4) is 0 Å². The smallest absolute Gasteiger partial charge is 0.341 e. The number of hydrogen-bond donors (Lipinski definition) is 1. The van der Waals surface area contributed by atoms with Crippen molar-refractivity contribution in [2.24, 2.45) is 0 Å². The Kier molecular flexibility index (Phi) is 5.06. The molecule has 0 unspecified atom stereocenters. The molecule has 1 aliphatic carbocycles. The number of anilines is 1. The molecule has 132 valence electrons. The van der Waals surface area contributed by atoms with Crippen LogP contribution in [0.25, 0.3) is 0 Å². The third-order valence-electron chi connectivity index (χ3n) is 3.88. The van der Waals surface area contributed by atoms with Gasteiger partial charge in [0.15, 0.2) is 11.6 Å². The van der Waals surface area contributed by atoms with Gasteiger partial charge in [0.1, 0.15) is 5.00 Å². The molecule has 1 aromatic carbocycles. The summed E-state index contributed by atoms with van der Waals surface area (Å²) in [7, 11) is 0. The van der Waals surface area contributed by atoms with Gasteiger partial charge in [0.05, 0.1) is 22.8 Å². The van der Waals surface area contributed by atoms with Gasteiger partial charge in [0.25, 0.3) is 5.91 Å². The standard InChI is InChI=1S/C17H14ClF2NO3S/c1-2-24-17(23)14-8-4-3-5-13(8)25-16(14)21-15(22)9-6-11(19)12(20)7-10(9)18/h6-7H,2-5H2,1H3,(H,21,22). The summed E-state index contributed by atoms with van der Waals surface area (Å²) in [4.78, 5) is 25.7.